The Balaban J connectivity index is 1.55. The molecular weight excluding hydrogens is 420 g/mol. The Morgan fingerprint density at radius 3 is 1.42 bits per heavy atom. The SMILES string of the molecule is NCCCc1cccc(-c2ccc3sc4ccc(-c5cccc(CCCN)c5)cc4c3c2)c1. The van der Waals surface area contributed by atoms with Crippen LogP contribution in [-0.2, 0) is 12.8 Å². The molecule has 1 heterocycles. The van der Waals surface area contributed by atoms with Crippen LogP contribution in [0.3, 0.4) is 0 Å². The molecule has 2 nitrogen and oxygen atoms in total. The molecule has 5 aromatic rings. The Kier molecular flexibility index (Phi) is 6.54. The summed E-state index contributed by atoms with van der Waals surface area (Å²) in [7, 11) is 0. The average molecular weight is 451 g/mol. The second-order valence-electron chi connectivity index (χ2n) is 8.71. The monoisotopic (exact) mass is 450 g/mol. The van der Waals surface area contributed by atoms with Gasteiger partial charge >= 0.3 is 0 Å². The molecule has 0 aliphatic carbocycles. The summed E-state index contributed by atoms with van der Waals surface area (Å²) >= 11 is 1.87. The van der Waals surface area contributed by atoms with Crippen molar-refractivity contribution in [2.24, 2.45) is 11.5 Å². The molecule has 166 valence electrons. The number of hydrogen-bond donors (Lipinski definition) is 2. The quantitative estimate of drug-likeness (QED) is 0.263. The first kappa shape index (κ1) is 21.8. The van der Waals surface area contributed by atoms with Crippen LogP contribution in [0.2, 0.25) is 0 Å². The van der Waals surface area contributed by atoms with Gasteiger partial charge in [0.2, 0.25) is 0 Å². The van der Waals surface area contributed by atoms with E-state index in [-0.39, 0.29) is 0 Å². The Morgan fingerprint density at radius 1 is 0.515 bits per heavy atom. The van der Waals surface area contributed by atoms with Crippen molar-refractivity contribution < 1.29 is 0 Å². The summed E-state index contributed by atoms with van der Waals surface area (Å²) in [4.78, 5) is 0. The van der Waals surface area contributed by atoms with Crippen molar-refractivity contribution in [3.05, 3.63) is 96.1 Å². The van der Waals surface area contributed by atoms with Gasteiger partial charge in [0, 0.05) is 20.2 Å². The smallest absolute Gasteiger partial charge is 0.0355 e. The highest BCUT2D eigenvalue weighted by molar-refractivity contribution is 7.25. The molecule has 33 heavy (non-hydrogen) atoms. The third kappa shape index (κ3) is 4.72. The molecule has 5 rings (SSSR count). The van der Waals surface area contributed by atoms with Crippen molar-refractivity contribution in [2.75, 3.05) is 13.1 Å². The summed E-state index contributed by atoms with van der Waals surface area (Å²) in [5.74, 6) is 0. The minimum Gasteiger partial charge on any atom is -0.330 e. The van der Waals surface area contributed by atoms with E-state index in [9.17, 15) is 0 Å². The number of benzene rings is 4. The first-order valence-electron chi connectivity index (χ1n) is 11.8. The summed E-state index contributed by atoms with van der Waals surface area (Å²) in [6.07, 6.45) is 4.10. The van der Waals surface area contributed by atoms with E-state index in [1.54, 1.807) is 0 Å². The van der Waals surface area contributed by atoms with E-state index in [1.807, 2.05) is 11.3 Å². The lowest BCUT2D eigenvalue weighted by molar-refractivity contribution is 0.833. The molecule has 0 fully saturated rings. The van der Waals surface area contributed by atoms with Gasteiger partial charge in [0.25, 0.3) is 0 Å². The average Bonchev–Trinajstić information content (AvgIpc) is 3.23. The molecule has 0 unspecified atom stereocenters. The van der Waals surface area contributed by atoms with E-state index in [2.05, 4.69) is 84.9 Å². The van der Waals surface area contributed by atoms with Crippen LogP contribution in [-0.4, -0.2) is 13.1 Å². The van der Waals surface area contributed by atoms with Gasteiger partial charge in [-0.2, -0.15) is 0 Å². The lowest BCUT2D eigenvalue weighted by Crippen LogP contribution is -2.00. The zero-order valence-electron chi connectivity index (χ0n) is 18.9. The first-order valence-corrected chi connectivity index (χ1v) is 12.6. The van der Waals surface area contributed by atoms with Gasteiger partial charge in [-0.1, -0.05) is 60.7 Å². The molecule has 0 aliphatic heterocycles. The minimum atomic E-state index is 0.731. The molecule has 0 atom stereocenters. The van der Waals surface area contributed by atoms with Crippen molar-refractivity contribution >= 4 is 31.5 Å². The number of fused-ring (bicyclic) bond motifs is 3. The maximum atomic E-state index is 5.71. The van der Waals surface area contributed by atoms with E-state index in [4.69, 9.17) is 11.5 Å². The topological polar surface area (TPSA) is 52.0 Å². The van der Waals surface area contributed by atoms with Gasteiger partial charge in [-0.15, -0.1) is 11.3 Å². The van der Waals surface area contributed by atoms with E-state index in [0.29, 0.717) is 0 Å². The van der Waals surface area contributed by atoms with Gasteiger partial charge in [-0.3, -0.25) is 0 Å². The van der Waals surface area contributed by atoms with E-state index < -0.39 is 0 Å². The van der Waals surface area contributed by atoms with Crippen molar-refractivity contribution in [1.29, 1.82) is 0 Å². The van der Waals surface area contributed by atoms with Gasteiger partial charge in [0.15, 0.2) is 0 Å². The van der Waals surface area contributed by atoms with Crippen LogP contribution < -0.4 is 11.5 Å². The number of rotatable bonds is 8. The lowest BCUT2D eigenvalue weighted by Gasteiger charge is -2.07. The fraction of sp³-hybridized carbons (Fsp3) is 0.200. The maximum absolute atomic E-state index is 5.71. The van der Waals surface area contributed by atoms with Crippen LogP contribution in [0.5, 0.6) is 0 Å². The van der Waals surface area contributed by atoms with Crippen LogP contribution in [0.4, 0.5) is 0 Å². The molecule has 0 spiro atoms. The van der Waals surface area contributed by atoms with E-state index >= 15 is 0 Å². The summed E-state index contributed by atoms with van der Waals surface area (Å²) in [6, 6.07) is 31.5. The van der Waals surface area contributed by atoms with Crippen molar-refractivity contribution in [2.45, 2.75) is 25.7 Å². The Hall–Kier alpha value is -2.98. The lowest BCUT2D eigenvalue weighted by atomic mass is 9.97. The fourth-order valence-corrected chi connectivity index (χ4v) is 5.63. The van der Waals surface area contributed by atoms with Gasteiger partial charge in [-0.25, -0.2) is 0 Å². The molecule has 4 N–H and O–H groups in total. The molecule has 1 aromatic heterocycles. The predicted molar refractivity (Wildman–Crippen MR) is 145 cm³/mol. The van der Waals surface area contributed by atoms with Crippen molar-refractivity contribution in [3.63, 3.8) is 0 Å². The van der Waals surface area contributed by atoms with Crippen LogP contribution in [0.15, 0.2) is 84.9 Å². The van der Waals surface area contributed by atoms with Crippen molar-refractivity contribution in [1.82, 2.24) is 0 Å². The second-order valence-corrected chi connectivity index (χ2v) is 9.79. The summed E-state index contributed by atoms with van der Waals surface area (Å²) in [5, 5.41) is 2.67. The first-order chi connectivity index (χ1) is 16.2. The van der Waals surface area contributed by atoms with Gasteiger partial charge < -0.3 is 11.5 Å². The van der Waals surface area contributed by atoms with E-state index in [0.717, 1.165) is 38.8 Å². The summed E-state index contributed by atoms with van der Waals surface area (Å²) < 4.78 is 2.67. The van der Waals surface area contributed by atoms with Gasteiger partial charge in [0.1, 0.15) is 0 Å². The highest BCUT2D eigenvalue weighted by Gasteiger charge is 2.10. The summed E-state index contributed by atoms with van der Waals surface area (Å²) in [5.41, 5.74) is 19.2. The Bertz CT molecular complexity index is 1290. The molecule has 0 radical (unpaired) electrons. The van der Waals surface area contributed by atoms with E-state index in [1.165, 1.54) is 53.6 Å². The molecule has 0 bridgehead atoms. The van der Waals surface area contributed by atoms with Gasteiger partial charge in [0.05, 0.1) is 0 Å². The molecular formula is C30H30N2S. The number of hydrogen-bond acceptors (Lipinski definition) is 3. The zero-order valence-corrected chi connectivity index (χ0v) is 19.7. The number of thiophene rings is 1. The molecule has 4 aromatic carbocycles. The summed E-state index contributed by atoms with van der Waals surface area (Å²) in [6.45, 7) is 1.46. The minimum absolute atomic E-state index is 0.731. The van der Waals surface area contributed by atoms with Crippen LogP contribution in [0, 0.1) is 0 Å². The predicted octanol–water partition coefficient (Wildman–Crippen LogP) is 7.17. The van der Waals surface area contributed by atoms with Crippen LogP contribution in [0.25, 0.3) is 42.4 Å². The molecule has 0 saturated carbocycles. The maximum Gasteiger partial charge on any atom is 0.0355 e. The largest absolute Gasteiger partial charge is 0.330 e. The fourth-order valence-electron chi connectivity index (χ4n) is 4.56. The van der Waals surface area contributed by atoms with Crippen molar-refractivity contribution in [3.8, 4) is 22.3 Å². The third-order valence-corrected chi connectivity index (χ3v) is 7.48. The Labute approximate surface area is 199 Å². The standard InChI is InChI=1S/C30H30N2S/c31-15-3-7-21-5-1-9-23(17-21)25-11-13-29-27(19-25)28-20-26(12-14-30(28)33-29)24-10-2-6-22(18-24)8-4-16-32/h1-2,5-6,9-14,17-20H,3-4,7-8,15-16,31-32H2. The molecule has 0 saturated heterocycles. The van der Waals surface area contributed by atoms with Crippen LogP contribution >= 0.6 is 11.3 Å². The number of nitrogens with two attached hydrogens (primary N) is 2. The van der Waals surface area contributed by atoms with Crippen LogP contribution in [0.1, 0.15) is 24.0 Å². The second kappa shape index (κ2) is 9.88. The zero-order chi connectivity index (χ0) is 22.6. The molecule has 3 heteroatoms. The Morgan fingerprint density at radius 2 is 0.970 bits per heavy atom. The molecule has 0 aliphatic rings. The van der Waals surface area contributed by atoms with Gasteiger partial charge in [-0.05, 0) is 96.4 Å². The highest BCUT2D eigenvalue weighted by atomic mass is 32.1. The number of aryl methyl sites for hydroxylation is 2. The normalized spacial score (nSPS) is 11.5. The highest BCUT2D eigenvalue weighted by Crippen LogP contribution is 2.38. The molecule has 0 amide bonds. The third-order valence-electron chi connectivity index (χ3n) is 6.33.